The number of aromatic nitrogens is 2. The van der Waals surface area contributed by atoms with Gasteiger partial charge in [-0.2, -0.15) is 5.26 Å². The molecular weight excluding hydrogens is 398 g/mol. The Morgan fingerprint density at radius 2 is 2.00 bits per heavy atom. The number of nitriles is 1. The van der Waals surface area contributed by atoms with Crippen LogP contribution in [0.2, 0.25) is 5.02 Å². The summed E-state index contributed by atoms with van der Waals surface area (Å²) in [5, 5.41) is 15.4. The number of fused-ring (bicyclic) bond motifs is 1. The molecule has 1 fully saturated rings. The van der Waals surface area contributed by atoms with E-state index in [0.29, 0.717) is 34.7 Å². The molecule has 1 aliphatic rings. The molecule has 0 spiro atoms. The van der Waals surface area contributed by atoms with Crippen molar-refractivity contribution < 1.29 is 8.42 Å². The van der Waals surface area contributed by atoms with E-state index in [1.54, 1.807) is 6.20 Å². The van der Waals surface area contributed by atoms with Crippen molar-refractivity contribution in [2.45, 2.75) is 31.1 Å². The first kappa shape index (κ1) is 18.7. The van der Waals surface area contributed by atoms with Crippen molar-refractivity contribution in [3.63, 3.8) is 0 Å². The monoisotopic (exact) mass is 415 g/mol. The standard InChI is InChI=1S/C19H18ClN5O2S/c1-10-2-18-14(3-11(10)6-21)16(15-7-24-8-17(22)19(15)20)9-25(18)12-4-13(5-12)28(23,26)27/h2-3,7-9,12-13H,4-5,22H2,1H3,(H2,23,26,27)/t12-,13+. The first-order valence-corrected chi connectivity index (χ1v) is 10.7. The minimum atomic E-state index is -3.54. The Kier molecular flexibility index (Phi) is 4.34. The van der Waals surface area contributed by atoms with Crippen molar-refractivity contribution in [1.82, 2.24) is 9.55 Å². The van der Waals surface area contributed by atoms with Crippen molar-refractivity contribution in [3.8, 4) is 17.2 Å². The van der Waals surface area contributed by atoms with Crippen LogP contribution in [-0.2, 0) is 10.0 Å². The molecule has 4 rings (SSSR count). The van der Waals surface area contributed by atoms with Gasteiger partial charge >= 0.3 is 0 Å². The molecule has 9 heteroatoms. The molecule has 0 aliphatic heterocycles. The van der Waals surface area contributed by atoms with E-state index in [1.165, 1.54) is 6.20 Å². The van der Waals surface area contributed by atoms with E-state index in [9.17, 15) is 13.7 Å². The van der Waals surface area contributed by atoms with Gasteiger partial charge in [-0.05, 0) is 37.5 Å². The number of anilines is 1. The molecule has 0 saturated heterocycles. The van der Waals surface area contributed by atoms with Crippen LogP contribution in [0, 0.1) is 18.3 Å². The number of primary sulfonamides is 1. The zero-order chi connectivity index (χ0) is 20.2. The summed E-state index contributed by atoms with van der Waals surface area (Å²) in [4.78, 5) is 4.14. The second-order valence-electron chi connectivity index (χ2n) is 7.17. The number of benzene rings is 1. The Bertz CT molecular complexity index is 1250. The Morgan fingerprint density at radius 3 is 2.64 bits per heavy atom. The normalized spacial score (nSPS) is 19.4. The van der Waals surface area contributed by atoms with Gasteiger partial charge in [0.2, 0.25) is 10.0 Å². The highest BCUT2D eigenvalue weighted by Crippen LogP contribution is 2.43. The molecule has 0 bridgehead atoms. The number of nitrogens with zero attached hydrogens (tertiary/aromatic N) is 3. The van der Waals surface area contributed by atoms with Gasteiger partial charge in [-0.15, -0.1) is 0 Å². The fourth-order valence-electron chi connectivity index (χ4n) is 3.72. The number of hydrogen-bond donors (Lipinski definition) is 2. The summed E-state index contributed by atoms with van der Waals surface area (Å²) < 4.78 is 25.2. The molecule has 2 heterocycles. The van der Waals surface area contributed by atoms with Crippen molar-refractivity contribution in [2.75, 3.05) is 5.73 Å². The number of nitrogens with two attached hydrogens (primary N) is 2. The smallest absolute Gasteiger partial charge is 0.212 e. The van der Waals surface area contributed by atoms with E-state index < -0.39 is 15.3 Å². The molecule has 4 N–H and O–H groups in total. The van der Waals surface area contributed by atoms with Crippen LogP contribution >= 0.6 is 11.6 Å². The Labute approximate surface area is 167 Å². The van der Waals surface area contributed by atoms with Crippen LogP contribution in [0.1, 0.15) is 30.0 Å². The highest BCUT2D eigenvalue weighted by Gasteiger charge is 2.38. The molecule has 2 aromatic heterocycles. The number of nitrogen functional groups attached to an aromatic ring is 1. The first-order chi connectivity index (χ1) is 13.2. The zero-order valence-electron chi connectivity index (χ0n) is 15.1. The predicted octanol–water partition coefficient (Wildman–Crippen LogP) is 3.11. The number of sulfonamides is 1. The molecule has 1 aromatic carbocycles. The van der Waals surface area contributed by atoms with Crippen LogP contribution in [0.5, 0.6) is 0 Å². The third-order valence-electron chi connectivity index (χ3n) is 5.42. The van der Waals surface area contributed by atoms with Gasteiger partial charge in [0.25, 0.3) is 0 Å². The van der Waals surface area contributed by atoms with Gasteiger partial charge in [0.05, 0.1) is 33.8 Å². The lowest BCUT2D eigenvalue weighted by Gasteiger charge is -2.35. The maximum atomic E-state index is 11.6. The third kappa shape index (κ3) is 2.92. The van der Waals surface area contributed by atoms with E-state index in [-0.39, 0.29) is 6.04 Å². The minimum absolute atomic E-state index is 0.000274. The number of aryl methyl sites for hydroxylation is 1. The fourth-order valence-corrected chi connectivity index (χ4v) is 4.90. The third-order valence-corrected chi connectivity index (χ3v) is 7.16. The summed E-state index contributed by atoms with van der Waals surface area (Å²) in [7, 11) is -3.54. The summed E-state index contributed by atoms with van der Waals surface area (Å²) in [5.74, 6) is 0. The lowest BCUT2D eigenvalue weighted by atomic mass is 9.92. The average molecular weight is 416 g/mol. The van der Waals surface area contributed by atoms with Gasteiger partial charge in [-0.3, -0.25) is 4.98 Å². The first-order valence-electron chi connectivity index (χ1n) is 8.67. The molecule has 0 amide bonds. The molecule has 0 radical (unpaired) electrons. The van der Waals surface area contributed by atoms with Gasteiger partial charge < -0.3 is 10.3 Å². The summed E-state index contributed by atoms with van der Waals surface area (Å²) in [5.41, 5.74) is 10.1. The van der Waals surface area contributed by atoms with Crippen LogP contribution in [0.3, 0.4) is 0 Å². The van der Waals surface area contributed by atoms with Gasteiger partial charge in [-0.1, -0.05) is 11.6 Å². The summed E-state index contributed by atoms with van der Waals surface area (Å²) >= 11 is 6.42. The molecule has 144 valence electrons. The number of rotatable bonds is 3. The molecule has 1 aliphatic carbocycles. The van der Waals surface area contributed by atoms with Crippen LogP contribution in [-0.4, -0.2) is 23.2 Å². The zero-order valence-corrected chi connectivity index (χ0v) is 16.6. The van der Waals surface area contributed by atoms with E-state index in [0.717, 1.165) is 22.0 Å². The van der Waals surface area contributed by atoms with E-state index in [4.69, 9.17) is 22.5 Å². The summed E-state index contributed by atoms with van der Waals surface area (Å²) in [6.07, 6.45) is 5.95. The van der Waals surface area contributed by atoms with Crippen LogP contribution in [0.15, 0.2) is 30.7 Å². The van der Waals surface area contributed by atoms with Gasteiger partial charge in [0, 0.05) is 40.5 Å². The molecular formula is C19H18ClN5O2S. The maximum Gasteiger partial charge on any atom is 0.212 e. The molecule has 28 heavy (non-hydrogen) atoms. The van der Waals surface area contributed by atoms with Gasteiger partial charge in [0.1, 0.15) is 0 Å². The van der Waals surface area contributed by atoms with Crippen LogP contribution in [0.4, 0.5) is 5.69 Å². The quantitative estimate of drug-likeness (QED) is 0.679. The van der Waals surface area contributed by atoms with Crippen molar-refractivity contribution >= 4 is 38.2 Å². The molecule has 1 saturated carbocycles. The van der Waals surface area contributed by atoms with E-state index >= 15 is 0 Å². The summed E-state index contributed by atoms with van der Waals surface area (Å²) in [6, 6.07) is 5.97. The fraction of sp³-hybridized carbons (Fsp3) is 0.263. The van der Waals surface area contributed by atoms with Crippen LogP contribution in [0.25, 0.3) is 22.0 Å². The van der Waals surface area contributed by atoms with Crippen molar-refractivity contribution in [1.29, 1.82) is 5.26 Å². The Morgan fingerprint density at radius 1 is 1.29 bits per heavy atom. The Balaban J connectivity index is 1.91. The number of pyridine rings is 1. The van der Waals surface area contributed by atoms with Gasteiger partial charge in [0.15, 0.2) is 0 Å². The minimum Gasteiger partial charge on any atom is -0.396 e. The van der Waals surface area contributed by atoms with Crippen LogP contribution < -0.4 is 10.9 Å². The maximum absolute atomic E-state index is 11.6. The SMILES string of the molecule is Cc1cc2c(cc1C#N)c(-c1cncc(N)c1Cl)cn2[C@H]1C[C@@H](S(N)(=O)=O)C1. The highest BCUT2D eigenvalue weighted by molar-refractivity contribution is 7.89. The number of hydrogen-bond acceptors (Lipinski definition) is 5. The number of halogens is 1. The average Bonchev–Trinajstić information content (AvgIpc) is 2.92. The lowest BCUT2D eigenvalue weighted by molar-refractivity contribution is 0.321. The predicted molar refractivity (Wildman–Crippen MR) is 109 cm³/mol. The Hall–Kier alpha value is -2.60. The van der Waals surface area contributed by atoms with Gasteiger partial charge in [-0.25, -0.2) is 13.6 Å². The molecule has 0 unspecified atom stereocenters. The van der Waals surface area contributed by atoms with E-state index in [1.807, 2.05) is 29.8 Å². The van der Waals surface area contributed by atoms with Crippen molar-refractivity contribution in [2.24, 2.45) is 5.14 Å². The second kappa shape index (κ2) is 6.48. The largest absolute Gasteiger partial charge is 0.396 e. The molecule has 7 nitrogen and oxygen atoms in total. The molecule has 3 aromatic rings. The highest BCUT2D eigenvalue weighted by atomic mass is 35.5. The van der Waals surface area contributed by atoms with Crippen molar-refractivity contribution in [3.05, 3.63) is 46.9 Å². The second-order valence-corrected chi connectivity index (χ2v) is 9.40. The van der Waals surface area contributed by atoms with E-state index in [2.05, 4.69) is 11.1 Å². The topological polar surface area (TPSA) is 128 Å². The molecule has 0 atom stereocenters. The summed E-state index contributed by atoms with van der Waals surface area (Å²) in [6.45, 7) is 1.87. The lowest BCUT2D eigenvalue weighted by Crippen LogP contribution is -2.40.